The second kappa shape index (κ2) is 5.54. The monoisotopic (exact) mass is 222 g/mol. The van der Waals surface area contributed by atoms with Crippen molar-refractivity contribution in [3.63, 3.8) is 0 Å². The summed E-state index contributed by atoms with van der Waals surface area (Å²) in [6.07, 6.45) is 3.76. The van der Waals surface area contributed by atoms with E-state index in [-0.39, 0.29) is 12.1 Å². The zero-order chi connectivity index (χ0) is 12.1. The van der Waals surface area contributed by atoms with Gasteiger partial charge in [-0.25, -0.2) is 4.79 Å². The highest BCUT2D eigenvalue weighted by atomic mass is 16.5. The highest BCUT2D eigenvalue weighted by Gasteiger charge is 2.30. The second-order valence-electron chi connectivity index (χ2n) is 3.88. The van der Waals surface area contributed by atoms with E-state index in [1.54, 1.807) is 6.08 Å². The maximum Gasteiger partial charge on any atom is 0.337 e. The van der Waals surface area contributed by atoms with Crippen molar-refractivity contribution in [2.24, 2.45) is 0 Å². The minimum Gasteiger partial charge on any atom is -0.490 e. The lowest BCUT2D eigenvalue weighted by Gasteiger charge is -2.11. The van der Waals surface area contributed by atoms with Gasteiger partial charge in [0, 0.05) is 12.8 Å². The van der Waals surface area contributed by atoms with Crippen LogP contribution in [0.5, 0.6) is 0 Å². The largest absolute Gasteiger partial charge is 0.490 e. The fourth-order valence-electron chi connectivity index (χ4n) is 1.62. The molecule has 3 heteroatoms. The van der Waals surface area contributed by atoms with Crippen LogP contribution in [-0.2, 0) is 14.3 Å². The first kappa shape index (κ1) is 12.6. The topological polar surface area (TPSA) is 35.5 Å². The Morgan fingerprint density at radius 2 is 2.38 bits per heavy atom. The number of hydrogen-bond acceptors (Lipinski definition) is 3. The first-order valence-electron chi connectivity index (χ1n) is 5.33. The van der Waals surface area contributed by atoms with Crippen molar-refractivity contribution >= 4 is 5.97 Å². The summed E-state index contributed by atoms with van der Waals surface area (Å²) in [4.78, 5) is 11.5. The van der Waals surface area contributed by atoms with Gasteiger partial charge in [-0.2, -0.15) is 0 Å². The van der Waals surface area contributed by atoms with Crippen molar-refractivity contribution in [1.82, 2.24) is 0 Å². The van der Waals surface area contributed by atoms with Gasteiger partial charge in [-0.1, -0.05) is 12.7 Å². The fraction of sp³-hybridized carbons (Fsp3) is 0.462. The molecular weight excluding hydrogens is 204 g/mol. The van der Waals surface area contributed by atoms with E-state index in [9.17, 15) is 4.79 Å². The standard InChI is InChI=1S/C13H18O3/c1-5-6-7-11-10(13(14)15-4)8-12(16-11)9(2)3/h5,12H,1-2,6-8H2,3-4H3. The predicted octanol–water partition coefficient (Wildman–Crippen LogP) is 2.74. The van der Waals surface area contributed by atoms with Gasteiger partial charge in [0.05, 0.1) is 12.7 Å². The molecule has 16 heavy (non-hydrogen) atoms. The number of carbonyl (C=O) groups excluding carboxylic acids is 1. The van der Waals surface area contributed by atoms with Gasteiger partial charge in [-0.15, -0.1) is 6.58 Å². The minimum absolute atomic E-state index is 0.0890. The van der Waals surface area contributed by atoms with Crippen molar-refractivity contribution in [2.75, 3.05) is 7.11 Å². The average molecular weight is 222 g/mol. The van der Waals surface area contributed by atoms with E-state index in [2.05, 4.69) is 13.2 Å². The van der Waals surface area contributed by atoms with E-state index >= 15 is 0 Å². The van der Waals surface area contributed by atoms with Crippen LogP contribution in [0.15, 0.2) is 36.1 Å². The molecule has 0 radical (unpaired) electrons. The molecule has 3 nitrogen and oxygen atoms in total. The summed E-state index contributed by atoms with van der Waals surface area (Å²) >= 11 is 0. The highest BCUT2D eigenvalue weighted by Crippen LogP contribution is 2.31. The predicted molar refractivity (Wildman–Crippen MR) is 62.8 cm³/mol. The number of methoxy groups -OCH3 is 1. The molecule has 1 atom stereocenters. The Balaban J connectivity index is 2.80. The number of ether oxygens (including phenoxy) is 2. The maximum atomic E-state index is 11.5. The quantitative estimate of drug-likeness (QED) is 0.530. The molecule has 1 aliphatic rings. The first-order chi connectivity index (χ1) is 7.60. The summed E-state index contributed by atoms with van der Waals surface area (Å²) in [6, 6.07) is 0. The number of rotatable bonds is 5. The van der Waals surface area contributed by atoms with Crippen LogP contribution in [-0.4, -0.2) is 19.2 Å². The lowest BCUT2D eigenvalue weighted by molar-refractivity contribution is -0.136. The molecular formula is C13H18O3. The van der Waals surface area contributed by atoms with Gasteiger partial charge in [0.15, 0.2) is 0 Å². The van der Waals surface area contributed by atoms with Crippen molar-refractivity contribution < 1.29 is 14.3 Å². The molecule has 0 aliphatic carbocycles. The molecule has 0 saturated carbocycles. The minimum atomic E-state index is -0.303. The molecule has 0 N–H and O–H groups in total. The first-order valence-corrected chi connectivity index (χ1v) is 5.33. The summed E-state index contributed by atoms with van der Waals surface area (Å²) in [7, 11) is 1.38. The van der Waals surface area contributed by atoms with Crippen LogP contribution >= 0.6 is 0 Å². The van der Waals surface area contributed by atoms with Crippen molar-refractivity contribution in [3.05, 3.63) is 36.1 Å². The van der Waals surface area contributed by atoms with E-state index < -0.39 is 0 Å². The maximum absolute atomic E-state index is 11.5. The van der Waals surface area contributed by atoms with E-state index in [1.807, 2.05) is 6.92 Å². The smallest absolute Gasteiger partial charge is 0.337 e. The summed E-state index contributed by atoms with van der Waals surface area (Å²) in [5.74, 6) is 0.419. The molecule has 0 saturated heterocycles. The van der Waals surface area contributed by atoms with Crippen LogP contribution < -0.4 is 0 Å². The number of esters is 1. The van der Waals surface area contributed by atoms with Gasteiger partial charge in [0.2, 0.25) is 0 Å². The average Bonchev–Trinajstić information content (AvgIpc) is 2.69. The lowest BCUT2D eigenvalue weighted by Crippen LogP contribution is -2.09. The number of hydrogen-bond donors (Lipinski definition) is 0. The Labute approximate surface area is 96.4 Å². The lowest BCUT2D eigenvalue weighted by atomic mass is 10.0. The Morgan fingerprint density at radius 1 is 1.69 bits per heavy atom. The molecule has 0 aromatic rings. The Morgan fingerprint density at radius 3 is 2.88 bits per heavy atom. The van der Waals surface area contributed by atoms with E-state index in [0.29, 0.717) is 18.4 Å². The number of carbonyl (C=O) groups is 1. The fourth-order valence-corrected chi connectivity index (χ4v) is 1.62. The van der Waals surface area contributed by atoms with E-state index in [1.165, 1.54) is 7.11 Å². The van der Waals surface area contributed by atoms with Crippen LogP contribution in [0.25, 0.3) is 0 Å². The highest BCUT2D eigenvalue weighted by molar-refractivity contribution is 5.89. The van der Waals surface area contributed by atoms with E-state index in [0.717, 1.165) is 17.8 Å². The zero-order valence-corrected chi connectivity index (χ0v) is 9.91. The molecule has 0 fully saturated rings. The Hall–Kier alpha value is -1.51. The molecule has 1 heterocycles. The van der Waals surface area contributed by atoms with Gasteiger partial charge in [-0.05, 0) is 18.9 Å². The SMILES string of the molecule is C=CCCC1=C(C(=O)OC)CC(C(=C)C)O1. The van der Waals surface area contributed by atoms with Crippen molar-refractivity contribution in [1.29, 1.82) is 0 Å². The van der Waals surface area contributed by atoms with Gasteiger partial charge in [0.25, 0.3) is 0 Å². The van der Waals surface area contributed by atoms with Crippen molar-refractivity contribution in [3.8, 4) is 0 Å². The van der Waals surface area contributed by atoms with Gasteiger partial charge in [-0.3, -0.25) is 0 Å². The van der Waals surface area contributed by atoms with Crippen molar-refractivity contribution in [2.45, 2.75) is 32.3 Å². The third kappa shape index (κ3) is 2.75. The molecule has 0 bridgehead atoms. The van der Waals surface area contributed by atoms with Crippen LogP contribution in [0.2, 0.25) is 0 Å². The third-order valence-electron chi connectivity index (χ3n) is 2.57. The van der Waals surface area contributed by atoms with Crippen LogP contribution in [0.3, 0.4) is 0 Å². The van der Waals surface area contributed by atoms with Gasteiger partial charge < -0.3 is 9.47 Å². The molecule has 1 aliphatic heterocycles. The summed E-state index contributed by atoms with van der Waals surface area (Å²) in [5.41, 5.74) is 1.56. The Bertz CT molecular complexity index is 339. The molecule has 88 valence electrons. The van der Waals surface area contributed by atoms with Crippen LogP contribution in [0.1, 0.15) is 26.2 Å². The molecule has 0 spiro atoms. The molecule has 1 unspecified atom stereocenters. The van der Waals surface area contributed by atoms with Crippen LogP contribution in [0, 0.1) is 0 Å². The Kier molecular flexibility index (Phi) is 4.35. The summed E-state index contributed by atoms with van der Waals surface area (Å²) in [5, 5.41) is 0. The zero-order valence-electron chi connectivity index (χ0n) is 9.91. The molecule has 0 aromatic heterocycles. The second-order valence-corrected chi connectivity index (χ2v) is 3.88. The molecule has 0 amide bonds. The summed E-state index contributed by atoms with van der Waals surface area (Å²) in [6.45, 7) is 9.40. The molecule has 1 rings (SSSR count). The van der Waals surface area contributed by atoms with E-state index in [4.69, 9.17) is 9.47 Å². The summed E-state index contributed by atoms with van der Waals surface area (Å²) < 4.78 is 10.4. The third-order valence-corrected chi connectivity index (χ3v) is 2.57. The number of allylic oxidation sites excluding steroid dienone is 2. The normalized spacial score (nSPS) is 19.2. The van der Waals surface area contributed by atoms with Gasteiger partial charge in [0.1, 0.15) is 11.9 Å². The van der Waals surface area contributed by atoms with Crippen LogP contribution in [0.4, 0.5) is 0 Å². The van der Waals surface area contributed by atoms with Gasteiger partial charge >= 0.3 is 5.97 Å². The molecule has 0 aromatic carbocycles.